The van der Waals surface area contributed by atoms with Gasteiger partial charge in [-0.1, -0.05) is 18.2 Å². The van der Waals surface area contributed by atoms with Gasteiger partial charge in [-0.3, -0.25) is 9.59 Å². The van der Waals surface area contributed by atoms with E-state index in [1.54, 1.807) is 11.9 Å². The lowest BCUT2D eigenvalue weighted by molar-refractivity contribution is -0.139. The first-order chi connectivity index (χ1) is 9.58. The highest BCUT2D eigenvalue weighted by Gasteiger charge is 2.27. The molecule has 0 radical (unpaired) electrons. The van der Waals surface area contributed by atoms with Crippen LogP contribution in [-0.4, -0.2) is 42.1 Å². The summed E-state index contributed by atoms with van der Waals surface area (Å²) < 4.78 is 5.61. The van der Waals surface area contributed by atoms with Gasteiger partial charge in [-0.2, -0.15) is 0 Å². The van der Waals surface area contributed by atoms with Crippen LogP contribution >= 0.6 is 0 Å². The van der Waals surface area contributed by atoms with Gasteiger partial charge < -0.3 is 14.7 Å². The molecule has 0 saturated carbocycles. The van der Waals surface area contributed by atoms with E-state index >= 15 is 0 Å². The van der Waals surface area contributed by atoms with Crippen molar-refractivity contribution in [3.63, 3.8) is 0 Å². The Labute approximate surface area is 118 Å². The Balaban J connectivity index is 1.89. The maximum atomic E-state index is 12.3. The van der Waals surface area contributed by atoms with E-state index < -0.39 is 5.97 Å². The van der Waals surface area contributed by atoms with Gasteiger partial charge in [-0.15, -0.1) is 0 Å². The lowest BCUT2D eigenvalue weighted by Gasteiger charge is -2.28. The number of hydrogen-bond donors (Lipinski definition) is 1. The number of carbonyl (C=O) groups is 2. The van der Waals surface area contributed by atoms with Crippen molar-refractivity contribution in [2.45, 2.75) is 19.3 Å². The van der Waals surface area contributed by atoms with Gasteiger partial charge >= 0.3 is 5.97 Å². The zero-order valence-corrected chi connectivity index (χ0v) is 11.5. The summed E-state index contributed by atoms with van der Waals surface area (Å²) in [6, 6.07) is 7.73. The van der Waals surface area contributed by atoms with Crippen molar-refractivity contribution in [3.8, 4) is 5.75 Å². The molecule has 1 aliphatic heterocycles. The third-order valence-corrected chi connectivity index (χ3v) is 3.49. The number of fused-ring (bicyclic) bond motifs is 1. The fourth-order valence-electron chi connectivity index (χ4n) is 2.38. The van der Waals surface area contributed by atoms with E-state index in [1.807, 2.05) is 24.3 Å². The molecule has 0 fully saturated rings. The van der Waals surface area contributed by atoms with Crippen LogP contribution < -0.4 is 4.74 Å². The number of nitrogens with zero attached hydrogens (tertiary/aromatic N) is 1. The molecule has 5 nitrogen and oxygen atoms in total. The Morgan fingerprint density at radius 1 is 1.40 bits per heavy atom. The van der Waals surface area contributed by atoms with Crippen molar-refractivity contribution in [1.29, 1.82) is 0 Å². The molecule has 1 heterocycles. The van der Waals surface area contributed by atoms with Crippen molar-refractivity contribution in [2.75, 3.05) is 20.2 Å². The summed E-state index contributed by atoms with van der Waals surface area (Å²) >= 11 is 0. The molecule has 0 aliphatic carbocycles. The van der Waals surface area contributed by atoms with Crippen LogP contribution in [0.15, 0.2) is 24.3 Å². The second-order valence-corrected chi connectivity index (χ2v) is 5.08. The summed E-state index contributed by atoms with van der Waals surface area (Å²) in [6.07, 6.45) is 1.24. The molecule has 1 atom stereocenters. The van der Waals surface area contributed by atoms with Gasteiger partial charge in [0, 0.05) is 20.0 Å². The first-order valence-electron chi connectivity index (χ1n) is 6.75. The predicted octanol–water partition coefficient (Wildman–Crippen LogP) is 1.56. The van der Waals surface area contributed by atoms with Gasteiger partial charge in [0.1, 0.15) is 12.4 Å². The summed E-state index contributed by atoms with van der Waals surface area (Å²) in [5, 5.41) is 8.60. The molecule has 0 saturated heterocycles. The molecule has 2 rings (SSSR count). The number of carboxylic acids is 1. The van der Waals surface area contributed by atoms with Crippen LogP contribution in [0.25, 0.3) is 0 Å². The number of hydrogen-bond acceptors (Lipinski definition) is 3. The van der Waals surface area contributed by atoms with Gasteiger partial charge in [0.25, 0.3) is 0 Å². The summed E-state index contributed by atoms with van der Waals surface area (Å²) in [6.45, 7) is 0.850. The molecule has 20 heavy (non-hydrogen) atoms. The molecule has 5 heteroatoms. The monoisotopic (exact) mass is 277 g/mol. The Morgan fingerprint density at radius 2 is 2.15 bits per heavy atom. The highest BCUT2D eigenvalue weighted by atomic mass is 16.5. The molecule has 1 amide bonds. The quantitative estimate of drug-likeness (QED) is 0.887. The third kappa shape index (κ3) is 3.50. The Hall–Kier alpha value is -2.04. The number of ether oxygens (including phenoxy) is 1. The molecular formula is C15H19NO4. The lowest BCUT2D eigenvalue weighted by Crippen LogP contribution is -2.39. The standard InChI is InChI=1S/C15H19NO4/c1-16(8-4-7-14(17)18)15(19)12-9-11-5-2-3-6-13(11)20-10-12/h2-3,5-6,12H,4,7-10H2,1H3,(H,17,18). The smallest absolute Gasteiger partial charge is 0.303 e. The fourth-order valence-corrected chi connectivity index (χ4v) is 2.38. The second-order valence-electron chi connectivity index (χ2n) is 5.08. The van der Waals surface area contributed by atoms with Crippen molar-refractivity contribution in [1.82, 2.24) is 4.90 Å². The summed E-state index contributed by atoms with van der Waals surface area (Å²) in [5.74, 6) is -0.143. The van der Waals surface area contributed by atoms with Crippen LogP contribution in [0.4, 0.5) is 0 Å². The number of para-hydroxylation sites is 1. The van der Waals surface area contributed by atoms with E-state index in [4.69, 9.17) is 9.84 Å². The van der Waals surface area contributed by atoms with Crippen molar-refractivity contribution in [3.05, 3.63) is 29.8 Å². The van der Waals surface area contributed by atoms with Crippen LogP contribution in [0.2, 0.25) is 0 Å². The molecule has 1 aliphatic rings. The summed E-state index contributed by atoms with van der Waals surface area (Å²) in [7, 11) is 1.71. The maximum absolute atomic E-state index is 12.3. The summed E-state index contributed by atoms with van der Waals surface area (Å²) in [4.78, 5) is 24.4. The normalized spacial score (nSPS) is 16.9. The van der Waals surface area contributed by atoms with Gasteiger partial charge in [-0.25, -0.2) is 0 Å². The zero-order valence-electron chi connectivity index (χ0n) is 11.5. The third-order valence-electron chi connectivity index (χ3n) is 3.49. The first kappa shape index (κ1) is 14.4. The van der Waals surface area contributed by atoms with Gasteiger partial charge in [0.05, 0.1) is 5.92 Å². The minimum absolute atomic E-state index is 0.0184. The van der Waals surface area contributed by atoms with Crippen LogP contribution in [0, 0.1) is 5.92 Å². The van der Waals surface area contributed by atoms with Gasteiger partial charge in [-0.05, 0) is 24.5 Å². The average Bonchev–Trinajstić information content (AvgIpc) is 2.45. The first-order valence-corrected chi connectivity index (χ1v) is 6.75. The topological polar surface area (TPSA) is 66.8 Å². The number of carbonyl (C=O) groups excluding carboxylic acids is 1. The molecule has 1 aromatic carbocycles. The number of carboxylic acid groups (broad SMARTS) is 1. The van der Waals surface area contributed by atoms with E-state index in [0.717, 1.165) is 11.3 Å². The number of aliphatic carboxylic acids is 1. The Bertz CT molecular complexity index is 500. The van der Waals surface area contributed by atoms with Gasteiger partial charge in [0.15, 0.2) is 0 Å². The largest absolute Gasteiger partial charge is 0.492 e. The summed E-state index contributed by atoms with van der Waals surface area (Å²) in [5.41, 5.74) is 1.05. The molecule has 0 aromatic heterocycles. The lowest BCUT2D eigenvalue weighted by atomic mass is 9.95. The van der Waals surface area contributed by atoms with E-state index in [9.17, 15) is 9.59 Å². The Morgan fingerprint density at radius 3 is 2.90 bits per heavy atom. The zero-order chi connectivity index (χ0) is 14.5. The Kier molecular flexibility index (Phi) is 4.61. The van der Waals surface area contributed by atoms with E-state index in [2.05, 4.69) is 0 Å². The fraction of sp³-hybridized carbons (Fsp3) is 0.467. The molecule has 1 N–H and O–H groups in total. The number of rotatable bonds is 5. The van der Waals surface area contributed by atoms with Crippen molar-refractivity contribution in [2.24, 2.45) is 5.92 Å². The molecule has 108 valence electrons. The minimum Gasteiger partial charge on any atom is -0.492 e. The van der Waals surface area contributed by atoms with Crippen LogP contribution in [-0.2, 0) is 16.0 Å². The van der Waals surface area contributed by atoms with Crippen LogP contribution in [0.1, 0.15) is 18.4 Å². The average molecular weight is 277 g/mol. The molecular weight excluding hydrogens is 258 g/mol. The van der Waals surface area contributed by atoms with Crippen molar-refractivity contribution < 1.29 is 19.4 Å². The van der Waals surface area contributed by atoms with E-state index in [-0.39, 0.29) is 18.2 Å². The molecule has 1 aromatic rings. The SMILES string of the molecule is CN(CCCC(=O)O)C(=O)C1COc2ccccc2C1. The number of amides is 1. The highest BCUT2D eigenvalue weighted by Crippen LogP contribution is 2.27. The van der Waals surface area contributed by atoms with Crippen LogP contribution in [0.3, 0.4) is 0 Å². The number of benzene rings is 1. The highest BCUT2D eigenvalue weighted by molar-refractivity contribution is 5.79. The van der Waals surface area contributed by atoms with E-state index in [1.165, 1.54) is 0 Å². The van der Waals surface area contributed by atoms with E-state index in [0.29, 0.717) is 26.0 Å². The molecule has 0 bridgehead atoms. The second kappa shape index (κ2) is 6.41. The predicted molar refractivity (Wildman–Crippen MR) is 73.6 cm³/mol. The van der Waals surface area contributed by atoms with Crippen LogP contribution in [0.5, 0.6) is 5.75 Å². The maximum Gasteiger partial charge on any atom is 0.303 e. The van der Waals surface area contributed by atoms with Gasteiger partial charge in [0.2, 0.25) is 5.91 Å². The molecule has 1 unspecified atom stereocenters. The van der Waals surface area contributed by atoms with Crippen molar-refractivity contribution >= 4 is 11.9 Å². The molecule has 0 spiro atoms. The minimum atomic E-state index is -0.833.